The smallest absolute Gasteiger partial charge is 0.197 e. The summed E-state index contributed by atoms with van der Waals surface area (Å²) in [6.07, 6.45) is 2.13. The zero-order valence-electron chi connectivity index (χ0n) is 7.51. The van der Waals surface area contributed by atoms with Crippen molar-refractivity contribution in [3.05, 3.63) is 11.0 Å². The van der Waals surface area contributed by atoms with Crippen molar-refractivity contribution in [2.45, 2.75) is 27.2 Å². The summed E-state index contributed by atoms with van der Waals surface area (Å²) in [5.74, 6) is 0.0679. The molecule has 0 bridgehead atoms. The van der Waals surface area contributed by atoms with Gasteiger partial charge in [-0.1, -0.05) is 26.8 Å². The van der Waals surface area contributed by atoms with E-state index in [1.54, 1.807) is 6.08 Å². The highest BCUT2D eigenvalue weighted by atomic mass is 32.2. The standard InChI is InChI=1S/C9H12O2S/c1-9(2,3)8(11)6-4-5-7(10)12-6/h4H,5H2,1-3H3. The number of hydrogen-bond donors (Lipinski definition) is 0. The molecule has 0 aromatic rings. The number of carbonyl (C=O) groups excluding carboxylic acids is 2. The molecule has 0 aliphatic carbocycles. The Labute approximate surface area is 76.4 Å². The van der Waals surface area contributed by atoms with Gasteiger partial charge in [-0.05, 0) is 11.8 Å². The van der Waals surface area contributed by atoms with Gasteiger partial charge in [-0.2, -0.15) is 0 Å². The summed E-state index contributed by atoms with van der Waals surface area (Å²) < 4.78 is 0. The van der Waals surface area contributed by atoms with Crippen molar-refractivity contribution in [2.24, 2.45) is 5.41 Å². The molecule has 0 N–H and O–H groups in total. The Morgan fingerprint density at radius 1 is 1.50 bits per heavy atom. The molecule has 0 radical (unpaired) electrons. The van der Waals surface area contributed by atoms with Crippen molar-refractivity contribution >= 4 is 22.7 Å². The highest BCUT2D eigenvalue weighted by Gasteiger charge is 2.29. The highest BCUT2D eigenvalue weighted by molar-refractivity contribution is 8.18. The topological polar surface area (TPSA) is 34.1 Å². The van der Waals surface area contributed by atoms with Crippen molar-refractivity contribution in [3.63, 3.8) is 0 Å². The van der Waals surface area contributed by atoms with Gasteiger partial charge in [-0.15, -0.1) is 0 Å². The maximum Gasteiger partial charge on any atom is 0.197 e. The lowest BCUT2D eigenvalue weighted by Crippen LogP contribution is -2.20. The number of allylic oxidation sites excluding steroid dienone is 2. The van der Waals surface area contributed by atoms with Crippen LogP contribution >= 0.6 is 11.8 Å². The number of rotatable bonds is 1. The third-order valence-corrected chi connectivity index (χ3v) is 2.55. The Bertz CT molecular complexity index is 258. The quantitative estimate of drug-likeness (QED) is 0.626. The van der Waals surface area contributed by atoms with Gasteiger partial charge in [0.2, 0.25) is 0 Å². The van der Waals surface area contributed by atoms with E-state index in [2.05, 4.69) is 0 Å². The van der Waals surface area contributed by atoms with E-state index in [-0.39, 0.29) is 16.3 Å². The normalized spacial score (nSPS) is 17.9. The summed E-state index contributed by atoms with van der Waals surface area (Å²) in [6, 6.07) is 0. The summed E-state index contributed by atoms with van der Waals surface area (Å²) in [4.78, 5) is 23.0. The van der Waals surface area contributed by atoms with E-state index < -0.39 is 0 Å². The van der Waals surface area contributed by atoms with Crippen LogP contribution < -0.4 is 0 Å². The second-order valence-electron chi connectivity index (χ2n) is 3.83. The van der Waals surface area contributed by atoms with Crippen molar-refractivity contribution < 1.29 is 9.59 Å². The minimum Gasteiger partial charge on any atom is -0.293 e. The van der Waals surface area contributed by atoms with Crippen molar-refractivity contribution in [1.29, 1.82) is 0 Å². The minimum absolute atomic E-state index is 0.0679. The van der Waals surface area contributed by atoms with Crippen LogP contribution in [0.3, 0.4) is 0 Å². The lowest BCUT2D eigenvalue weighted by molar-refractivity contribution is -0.121. The van der Waals surface area contributed by atoms with Crippen LogP contribution in [0.25, 0.3) is 0 Å². The maximum atomic E-state index is 11.6. The fourth-order valence-corrected chi connectivity index (χ4v) is 1.87. The predicted molar refractivity (Wildman–Crippen MR) is 49.8 cm³/mol. The highest BCUT2D eigenvalue weighted by Crippen LogP contribution is 2.32. The zero-order valence-corrected chi connectivity index (χ0v) is 8.33. The van der Waals surface area contributed by atoms with E-state index in [0.717, 1.165) is 11.8 Å². The van der Waals surface area contributed by atoms with E-state index in [0.29, 0.717) is 11.3 Å². The first-order valence-electron chi connectivity index (χ1n) is 3.87. The SMILES string of the molecule is CC(C)(C)C(=O)C1=CCC(=O)S1. The summed E-state index contributed by atoms with van der Waals surface area (Å²) in [5, 5.41) is 0.0719. The van der Waals surface area contributed by atoms with Gasteiger partial charge in [-0.25, -0.2) is 0 Å². The van der Waals surface area contributed by atoms with Crippen molar-refractivity contribution in [3.8, 4) is 0 Å². The maximum absolute atomic E-state index is 11.6. The number of ketones is 1. The van der Waals surface area contributed by atoms with Gasteiger partial charge in [0.05, 0.1) is 4.91 Å². The Balaban J connectivity index is 2.74. The molecule has 1 aliphatic heterocycles. The number of thioether (sulfide) groups is 1. The Morgan fingerprint density at radius 2 is 2.08 bits per heavy atom. The van der Waals surface area contributed by atoms with Crippen LogP contribution in [-0.2, 0) is 9.59 Å². The Hall–Kier alpha value is -0.570. The van der Waals surface area contributed by atoms with E-state index in [1.807, 2.05) is 20.8 Å². The molecule has 0 aromatic heterocycles. The molecule has 0 spiro atoms. The van der Waals surface area contributed by atoms with Gasteiger partial charge < -0.3 is 0 Å². The van der Waals surface area contributed by atoms with Crippen LogP contribution in [-0.4, -0.2) is 10.9 Å². The van der Waals surface area contributed by atoms with Gasteiger partial charge in [-0.3, -0.25) is 9.59 Å². The van der Waals surface area contributed by atoms with Crippen LogP contribution in [0.15, 0.2) is 11.0 Å². The second-order valence-corrected chi connectivity index (χ2v) is 4.92. The average Bonchev–Trinajstić information content (AvgIpc) is 2.32. The summed E-state index contributed by atoms with van der Waals surface area (Å²) in [6.45, 7) is 5.58. The monoisotopic (exact) mass is 184 g/mol. The molecule has 1 heterocycles. The van der Waals surface area contributed by atoms with Crippen molar-refractivity contribution in [1.82, 2.24) is 0 Å². The van der Waals surface area contributed by atoms with Gasteiger partial charge in [0.15, 0.2) is 10.9 Å². The van der Waals surface area contributed by atoms with E-state index >= 15 is 0 Å². The van der Waals surface area contributed by atoms with Crippen molar-refractivity contribution in [2.75, 3.05) is 0 Å². The molecule has 0 saturated carbocycles. The lowest BCUT2D eigenvalue weighted by Gasteiger charge is -2.15. The number of Topliss-reactive ketones (excluding diaryl/α,β-unsaturated/α-hetero) is 1. The summed E-state index contributed by atoms with van der Waals surface area (Å²) >= 11 is 1.07. The van der Waals surface area contributed by atoms with Gasteiger partial charge in [0.25, 0.3) is 0 Å². The number of carbonyl (C=O) groups is 2. The molecule has 0 amide bonds. The van der Waals surface area contributed by atoms with Crippen LogP contribution in [0.2, 0.25) is 0 Å². The third-order valence-electron chi connectivity index (χ3n) is 1.58. The molecule has 2 nitrogen and oxygen atoms in total. The molecule has 66 valence electrons. The molecule has 0 saturated heterocycles. The fourth-order valence-electron chi connectivity index (χ4n) is 0.891. The molecule has 0 fully saturated rings. The molecule has 1 rings (SSSR count). The first kappa shape index (κ1) is 9.52. The van der Waals surface area contributed by atoms with E-state index in [4.69, 9.17) is 0 Å². The van der Waals surface area contributed by atoms with Crippen LogP contribution in [0.4, 0.5) is 0 Å². The van der Waals surface area contributed by atoms with Gasteiger partial charge in [0, 0.05) is 11.8 Å². The Morgan fingerprint density at radius 3 is 2.42 bits per heavy atom. The minimum atomic E-state index is -0.372. The molecule has 0 unspecified atom stereocenters. The van der Waals surface area contributed by atoms with Crippen LogP contribution in [0.1, 0.15) is 27.2 Å². The van der Waals surface area contributed by atoms with Gasteiger partial charge >= 0.3 is 0 Å². The van der Waals surface area contributed by atoms with Gasteiger partial charge in [0.1, 0.15) is 0 Å². The molecule has 3 heteroatoms. The summed E-state index contributed by atoms with van der Waals surface area (Å²) in [7, 11) is 0. The Kier molecular flexibility index (Phi) is 2.42. The third kappa shape index (κ3) is 1.97. The summed E-state index contributed by atoms with van der Waals surface area (Å²) in [5.41, 5.74) is -0.372. The molecule has 12 heavy (non-hydrogen) atoms. The molecule has 0 aromatic carbocycles. The van der Waals surface area contributed by atoms with Crippen LogP contribution in [0, 0.1) is 5.41 Å². The largest absolute Gasteiger partial charge is 0.293 e. The lowest BCUT2D eigenvalue weighted by atomic mass is 9.90. The van der Waals surface area contributed by atoms with E-state index in [9.17, 15) is 9.59 Å². The fraction of sp³-hybridized carbons (Fsp3) is 0.556. The molecule has 1 aliphatic rings. The first-order chi connectivity index (χ1) is 5.41. The molecule has 0 atom stereocenters. The second kappa shape index (κ2) is 3.05. The zero-order chi connectivity index (χ0) is 9.35. The predicted octanol–water partition coefficient (Wildman–Crippen LogP) is 2.15. The number of hydrogen-bond acceptors (Lipinski definition) is 3. The molecular formula is C9H12O2S. The van der Waals surface area contributed by atoms with Crippen LogP contribution in [0.5, 0.6) is 0 Å². The van der Waals surface area contributed by atoms with E-state index in [1.165, 1.54) is 0 Å². The molecular weight excluding hydrogens is 172 g/mol. The first-order valence-corrected chi connectivity index (χ1v) is 4.68. The average molecular weight is 184 g/mol.